The molecule has 5 heteroatoms. The lowest BCUT2D eigenvalue weighted by Crippen LogP contribution is -2.48. The number of nitrogens with one attached hydrogen (secondary N) is 1. The molecule has 0 radical (unpaired) electrons. The minimum atomic E-state index is -0.511. The van der Waals surface area contributed by atoms with E-state index in [1.54, 1.807) is 4.90 Å². The molecule has 0 aromatic rings. The number of amides is 3. The lowest BCUT2D eigenvalue weighted by molar-refractivity contribution is -0.126. The first-order valence-electron chi connectivity index (χ1n) is 6.34. The molecule has 0 bridgehead atoms. The Balaban J connectivity index is 2.02. The van der Waals surface area contributed by atoms with Crippen molar-refractivity contribution in [2.75, 3.05) is 27.2 Å². The number of hydrogen-bond donors (Lipinski definition) is 1. The summed E-state index contributed by atoms with van der Waals surface area (Å²) in [5.74, 6) is -0.0788. The minimum absolute atomic E-state index is 0.0788. The zero-order valence-electron chi connectivity index (χ0n) is 10.7. The summed E-state index contributed by atoms with van der Waals surface area (Å²) in [4.78, 5) is 27.6. The van der Waals surface area contributed by atoms with Crippen molar-refractivity contribution in [3.05, 3.63) is 0 Å². The number of imide groups is 1. The fourth-order valence-corrected chi connectivity index (χ4v) is 2.92. The molecule has 96 valence electrons. The Morgan fingerprint density at radius 1 is 1.29 bits per heavy atom. The van der Waals surface area contributed by atoms with Crippen LogP contribution in [0.3, 0.4) is 0 Å². The average molecular weight is 239 g/mol. The van der Waals surface area contributed by atoms with Crippen LogP contribution in [0, 0.1) is 0 Å². The van der Waals surface area contributed by atoms with Crippen molar-refractivity contribution < 1.29 is 9.59 Å². The van der Waals surface area contributed by atoms with Crippen molar-refractivity contribution in [3.63, 3.8) is 0 Å². The number of carbonyl (C=O) groups is 2. The maximum atomic E-state index is 11.9. The molecule has 17 heavy (non-hydrogen) atoms. The fraction of sp³-hybridized carbons (Fsp3) is 0.833. The van der Waals surface area contributed by atoms with Crippen LogP contribution in [0.2, 0.25) is 0 Å². The minimum Gasteiger partial charge on any atom is -0.310 e. The monoisotopic (exact) mass is 239 g/mol. The second-order valence-electron chi connectivity index (χ2n) is 5.31. The van der Waals surface area contributed by atoms with Crippen molar-refractivity contribution in [2.45, 2.75) is 37.6 Å². The summed E-state index contributed by atoms with van der Waals surface area (Å²) in [6.07, 6.45) is 4.66. The van der Waals surface area contributed by atoms with Gasteiger partial charge in [-0.1, -0.05) is 12.8 Å². The zero-order valence-corrected chi connectivity index (χ0v) is 10.7. The van der Waals surface area contributed by atoms with Crippen molar-refractivity contribution in [1.82, 2.24) is 15.1 Å². The van der Waals surface area contributed by atoms with Gasteiger partial charge in [-0.05, 0) is 39.9 Å². The Bertz CT molecular complexity index is 322. The Hall–Kier alpha value is -1.10. The Morgan fingerprint density at radius 3 is 2.53 bits per heavy atom. The molecule has 1 heterocycles. The lowest BCUT2D eigenvalue weighted by Gasteiger charge is -2.31. The van der Waals surface area contributed by atoms with Crippen molar-refractivity contribution in [3.8, 4) is 0 Å². The van der Waals surface area contributed by atoms with E-state index >= 15 is 0 Å². The second kappa shape index (κ2) is 4.64. The molecule has 1 spiro atoms. The molecule has 1 aliphatic carbocycles. The van der Waals surface area contributed by atoms with Gasteiger partial charge in [0.2, 0.25) is 0 Å². The first-order valence-corrected chi connectivity index (χ1v) is 6.34. The van der Waals surface area contributed by atoms with E-state index in [9.17, 15) is 9.59 Å². The molecule has 3 amide bonds. The van der Waals surface area contributed by atoms with Crippen LogP contribution in [0.4, 0.5) is 4.79 Å². The molecule has 1 N–H and O–H groups in total. The van der Waals surface area contributed by atoms with E-state index in [4.69, 9.17) is 0 Å². The molecule has 1 saturated heterocycles. The van der Waals surface area contributed by atoms with E-state index in [1.807, 2.05) is 14.1 Å². The fourth-order valence-electron chi connectivity index (χ4n) is 2.92. The van der Waals surface area contributed by atoms with Gasteiger partial charge in [0.1, 0.15) is 5.54 Å². The predicted molar refractivity (Wildman–Crippen MR) is 64.6 cm³/mol. The first-order chi connectivity index (χ1) is 8.06. The number of urea groups is 1. The highest BCUT2D eigenvalue weighted by Crippen LogP contribution is 2.38. The SMILES string of the molecule is CN(C)CCCN1C(=O)NC(=O)C12CCCC2. The molecule has 0 atom stereocenters. The summed E-state index contributed by atoms with van der Waals surface area (Å²) in [6, 6.07) is -0.198. The molecule has 2 fully saturated rings. The largest absolute Gasteiger partial charge is 0.325 e. The summed E-state index contributed by atoms with van der Waals surface area (Å²) in [5.41, 5.74) is -0.511. The van der Waals surface area contributed by atoms with Crippen LogP contribution in [0.5, 0.6) is 0 Å². The van der Waals surface area contributed by atoms with Crippen LogP contribution < -0.4 is 5.32 Å². The standard InChI is InChI=1S/C12H21N3O2/c1-14(2)8-5-9-15-11(17)13-10(16)12(15)6-3-4-7-12/h3-9H2,1-2H3,(H,13,16,17). The highest BCUT2D eigenvalue weighted by Gasteiger charge is 2.53. The Labute approximate surface area is 102 Å². The summed E-state index contributed by atoms with van der Waals surface area (Å²) in [6.45, 7) is 1.61. The third kappa shape index (κ3) is 2.16. The molecule has 2 aliphatic rings. The second-order valence-corrected chi connectivity index (χ2v) is 5.31. The van der Waals surface area contributed by atoms with Gasteiger partial charge in [0.25, 0.3) is 5.91 Å². The van der Waals surface area contributed by atoms with Gasteiger partial charge < -0.3 is 9.80 Å². The zero-order chi connectivity index (χ0) is 12.5. The van der Waals surface area contributed by atoms with Crippen molar-refractivity contribution in [1.29, 1.82) is 0 Å². The van der Waals surface area contributed by atoms with Crippen LogP contribution >= 0.6 is 0 Å². The number of carbonyl (C=O) groups excluding carboxylic acids is 2. The highest BCUT2D eigenvalue weighted by atomic mass is 16.2. The third-order valence-electron chi connectivity index (χ3n) is 3.82. The van der Waals surface area contributed by atoms with Gasteiger partial charge >= 0.3 is 6.03 Å². The van der Waals surface area contributed by atoms with Gasteiger partial charge in [-0.2, -0.15) is 0 Å². The summed E-state index contributed by atoms with van der Waals surface area (Å²) < 4.78 is 0. The quantitative estimate of drug-likeness (QED) is 0.738. The van der Waals surface area contributed by atoms with Gasteiger partial charge in [0.05, 0.1) is 0 Å². The van der Waals surface area contributed by atoms with Crippen LogP contribution in [0.1, 0.15) is 32.1 Å². The van der Waals surface area contributed by atoms with E-state index in [1.165, 1.54) is 0 Å². The summed E-state index contributed by atoms with van der Waals surface area (Å²) in [7, 11) is 4.03. The molecule has 0 aromatic carbocycles. The number of rotatable bonds is 4. The maximum absolute atomic E-state index is 11.9. The molecular weight excluding hydrogens is 218 g/mol. The van der Waals surface area contributed by atoms with Crippen LogP contribution in [-0.2, 0) is 4.79 Å². The summed E-state index contributed by atoms with van der Waals surface area (Å²) in [5, 5.41) is 2.47. The van der Waals surface area contributed by atoms with Gasteiger partial charge in [-0.3, -0.25) is 10.1 Å². The van der Waals surface area contributed by atoms with Gasteiger partial charge in [-0.15, -0.1) is 0 Å². The Morgan fingerprint density at radius 2 is 1.94 bits per heavy atom. The molecule has 1 aliphatic heterocycles. The van der Waals surface area contributed by atoms with E-state index in [0.717, 1.165) is 38.6 Å². The van der Waals surface area contributed by atoms with Gasteiger partial charge in [0.15, 0.2) is 0 Å². The molecule has 2 rings (SSSR count). The van der Waals surface area contributed by atoms with Crippen LogP contribution in [-0.4, -0.2) is 54.5 Å². The normalized spacial score (nSPS) is 22.9. The third-order valence-corrected chi connectivity index (χ3v) is 3.82. The number of nitrogens with zero attached hydrogens (tertiary/aromatic N) is 2. The molecule has 0 aromatic heterocycles. The molecular formula is C12H21N3O2. The van der Waals surface area contributed by atoms with E-state index < -0.39 is 5.54 Å². The Kier molecular flexibility index (Phi) is 3.38. The molecule has 5 nitrogen and oxygen atoms in total. The van der Waals surface area contributed by atoms with E-state index in [-0.39, 0.29) is 11.9 Å². The lowest BCUT2D eigenvalue weighted by atomic mass is 9.96. The van der Waals surface area contributed by atoms with Crippen LogP contribution in [0.15, 0.2) is 0 Å². The predicted octanol–water partition coefficient (Wildman–Crippen LogP) is 0.803. The van der Waals surface area contributed by atoms with E-state index in [0.29, 0.717) is 6.54 Å². The smallest absolute Gasteiger partial charge is 0.310 e. The van der Waals surface area contributed by atoms with Crippen molar-refractivity contribution >= 4 is 11.9 Å². The number of hydrogen-bond acceptors (Lipinski definition) is 3. The highest BCUT2D eigenvalue weighted by molar-refractivity contribution is 6.07. The maximum Gasteiger partial charge on any atom is 0.325 e. The van der Waals surface area contributed by atoms with Gasteiger partial charge in [-0.25, -0.2) is 4.79 Å². The first kappa shape index (κ1) is 12.4. The van der Waals surface area contributed by atoms with Crippen LogP contribution in [0.25, 0.3) is 0 Å². The van der Waals surface area contributed by atoms with E-state index in [2.05, 4.69) is 10.2 Å². The average Bonchev–Trinajstić information content (AvgIpc) is 2.80. The topological polar surface area (TPSA) is 52.6 Å². The summed E-state index contributed by atoms with van der Waals surface area (Å²) >= 11 is 0. The van der Waals surface area contributed by atoms with Crippen molar-refractivity contribution in [2.24, 2.45) is 0 Å². The molecule has 0 unspecified atom stereocenters. The molecule has 1 saturated carbocycles. The van der Waals surface area contributed by atoms with Gasteiger partial charge in [0, 0.05) is 6.54 Å².